The Morgan fingerprint density at radius 3 is 2.12 bits per heavy atom. The van der Waals surface area contributed by atoms with Crippen molar-refractivity contribution in [2.24, 2.45) is 0 Å². The van der Waals surface area contributed by atoms with E-state index in [0.717, 1.165) is 18.9 Å². The SMILES string of the molecule is Clc1cc(Sc2ccc(Br)cc2)ccc1Br. The van der Waals surface area contributed by atoms with Gasteiger partial charge in [0.2, 0.25) is 0 Å². The Kier molecular flexibility index (Phi) is 4.36. The van der Waals surface area contributed by atoms with Gasteiger partial charge in [-0.25, -0.2) is 0 Å². The van der Waals surface area contributed by atoms with E-state index in [4.69, 9.17) is 11.6 Å². The predicted molar refractivity (Wildman–Crippen MR) is 77.4 cm³/mol. The lowest BCUT2D eigenvalue weighted by molar-refractivity contribution is 1.39. The molecule has 0 saturated heterocycles. The number of halogens is 3. The third kappa shape index (κ3) is 3.27. The van der Waals surface area contributed by atoms with Gasteiger partial charge in [0, 0.05) is 18.7 Å². The Morgan fingerprint density at radius 1 is 0.875 bits per heavy atom. The second-order valence-electron chi connectivity index (χ2n) is 3.13. The highest BCUT2D eigenvalue weighted by atomic mass is 79.9. The first kappa shape index (κ1) is 12.5. The number of rotatable bonds is 2. The minimum atomic E-state index is 0.738. The summed E-state index contributed by atoms with van der Waals surface area (Å²) >= 11 is 14.5. The van der Waals surface area contributed by atoms with E-state index in [2.05, 4.69) is 44.0 Å². The average Bonchev–Trinajstić information content (AvgIpc) is 2.27. The molecule has 0 fully saturated rings. The van der Waals surface area contributed by atoms with Crippen molar-refractivity contribution in [1.29, 1.82) is 0 Å². The van der Waals surface area contributed by atoms with Crippen LogP contribution in [0.5, 0.6) is 0 Å². The van der Waals surface area contributed by atoms with E-state index < -0.39 is 0 Å². The molecule has 0 bridgehead atoms. The van der Waals surface area contributed by atoms with E-state index in [1.54, 1.807) is 11.8 Å². The summed E-state index contributed by atoms with van der Waals surface area (Å²) in [5, 5.41) is 0.738. The van der Waals surface area contributed by atoms with Gasteiger partial charge < -0.3 is 0 Å². The first-order chi connectivity index (χ1) is 7.65. The molecule has 0 aliphatic heterocycles. The molecular weight excluding hydrogens is 371 g/mol. The van der Waals surface area contributed by atoms with Crippen molar-refractivity contribution in [1.82, 2.24) is 0 Å². The summed E-state index contributed by atoms with van der Waals surface area (Å²) < 4.78 is 2.01. The maximum absolute atomic E-state index is 6.04. The molecule has 82 valence electrons. The third-order valence-corrected chi connectivity index (χ3v) is 4.70. The average molecular weight is 379 g/mol. The Morgan fingerprint density at radius 2 is 1.50 bits per heavy atom. The smallest absolute Gasteiger partial charge is 0.0559 e. The summed E-state index contributed by atoms with van der Waals surface area (Å²) in [5.41, 5.74) is 0. The van der Waals surface area contributed by atoms with Crippen molar-refractivity contribution < 1.29 is 0 Å². The van der Waals surface area contributed by atoms with Gasteiger partial charge in [0.15, 0.2) is 0 Å². The van der Waals surface area contributed by atoms with E-state index in [-0.39, 0.29) is 0 Å². The summed E-state index contributed by atoms with van der Waals surface area (Å²) in [6.07, 6.45) is 0. The molecule has 0 amide bonds. The van der Waals surface area contributed by atoms with Crippen LogP contribution in [0.4, 0.5) is 0 Å². The van der Waals surface area contributed by atoms with Crippen LogP contribution in [0.15, 0.2) is 61.2 Å². The monoisotopic (exact) mass is 376 g/mol. The molecule has 0 aromatic heterocycles. The first-order valence-corrected chi connectivity index (χ1v) is 7.32. The second-order valence-corrected chi connectivity index (χ2v) is 6.46. The van der Waals surface area contributed by atoms with Crippen molar-refractivity contribution in [3.63, 3.8) is 0 Å². The number of benzene rings is 2. The van der Waals surface area contributed by atoms with Crippen LogP contribution >= 0.6 is 55.2 Å². The number of hydrogen-bond donors (Lipinski definition) is 0. The van der Waals surface area contributed by atoms with Gasteiger partial charge >= 0.3 is 0 Å². The fraction of sp³-hybridized carbons (Fsp3) is 0. The third-order valence-electron chi connectivity index (χ3n) is 1.94. The van der Waals surface area contributed by atoms with Crippen LogP contribution < -0.4 is 0 Å². The molecule has 0 nitrogen and oxygen atoms in total. The summed E-state index contributed by atoms with van der Waals surface area (Å²) in [6.45, 7) is 0. The zero-order chi connectivity index (χ0) is 11.5. The lowest BCUT2D eigenvalue weighted by atomic mass is 10.4. The zero-order valence-electron chi connectivity index (χ0n) is 8.08. The van der Waals surface area contributed by atoms with E-state index in [1.165, 1.54) is 4.90 Å². The van der Waals surface area contributed by atoms with Crippen LogP contribution in [-0.4, -0.2) is 0 Å². The topological polar surface area (TPSA) is 0 Å². The van der Waals surface area contributed by atoms with Crippen LogP contribution in [-0.2, 0) is 0 Å². The van der Waals surface area contributed by atoms with E-state index in [1.807, 2.05) is 30.3 Å². The highest BCUT2D eigenvalue weighted by molar-refractivity contribution is 9.10. The summed E-state index contributed by atoms with van der Waals surface area (Å²) in [7, 11) is 0. The Balaban J connectivity index is 2.20. The molecule has 0 atom stereocenters. The fourth-order valence-corrected chi connectivity index (χ4v) is 2.79. The Labute approximate surface area is 121 Å². The van der Waals surface area contributed by atoms with Crippen LogP contribution in [0.2, 0.25) is 5.02 Å². The molecule has 0 aliphatic carbocycles. The quantitative estimate of drug-likeness (QED) is 0.616. The molecule has 2 rings (SSSR count). The van der Waals surface area contributed by atoms with Crippen LogP contribution in [0.25, 0.3) is 0 Å². The highest BCUT2D eigenvalue weighted by Crippen LogP contribution is 2.33. The van der Waals surface area contributed by atoms with Crippen LogP contribution in [0, 0.1) is 0 Å². The minimum absolute atomic E-state index is 0.738. The minimum Gasteiger partial charge on any atom is -0.0900 e. The molecular formula is C12H7Br2ClS. The molecule has 0 radical (unpaired) electrons. The van der Waals surface area contributed by atoms with Gasteiger partial charge in [0.25, 0.3) is 0 Å². The number of hydrogen-bond acceptors (Lipinski definition) is 1. The molecule has 0 saturated carbocycles. The largest absolute Gasteiger partial charge is 0.0900 e. The Bertz CT molecular complexity index is 497. The predicted octanol–water partition coefficient (Wildman–Crippen LogP) is 6.02. The molecule has 0 unspecified atom stereocenters. The molecule has 0 aliphatic rings. The normalized spacial score (nSPS) is 10.4. The van der Waals surface area contributed by atoms with E-state index in [9.17, 15) is 0 Å². The fourth-order valence-electron chi connectivity index (χ4n) is 1.18. The molecule has 16 heavy (non-hydrogen) atoms. The van der Waals surface area contributed by atoms with Gasteiger partial charge in [-0.05, 0) is 58.4 Å². The maximum Gasteiger partial charge on any atom is 0.0559 e. The molecule has 0 heterocycles. The van der Waals surface area contributed by atoms with Crippen molar-refractivity contribution in [3.8, 4) is 0 Å². The Hall–Kier alpha value is 0.0400. The van der Waals surface area contributed by atoms with Gasteiger partial charge in [0.05, 0.1) is 5.02 Å². The highest BCUT2D eigenvalue weighted by Gasteiger charge is 2.01. The van der Waals surface area contributed by atoms with Gasteiger partial charge in [-0.1, -0.05) is 39.3 Å². The molecule has 2 aromatic carbocycles. The standard InChI is InChI=1S/C12H7Br2ClS/c13-8-1-3-9(4-2-8)16-10-5-6-11(14)12(15)7-10/h1-7H. The molecule has 0 spiro atoms. The van der Waals surface area contributed by atoms with Crippen molar-refractivity contribution in [2.75, 3.05) is 0 Å². The van der Waals surface area contributed by atoms with Gasteiger partial charge in [-0.15, -0.1) is 0 Å². The summed E-state index contributed by atoms with van der Waals surface area (Å²) in [5.74, 6) is 0. The van der Waals surface area contributed by atoms with Gasteiger partial charge in [-0.2, -0.15) is 0 Å². The van der Waals surface area contributed by atoms with Crippen molar-refractivity contribution in [3.05, 3.63) is 56.4 Å². The lowest BCUT2D eigenvalue weighted by Crippen LogP contribution is -1.75. The van der Waals surface area contributed by atoms with Crippen LogP contribution in [0.3, 0.4) is 0 Å². The van der Waals surface area contributed by atoms with E-state index in [0.29, 0.717) is 0 Å². The molecule has 2 aromatic rings. The summed E-state index contributed by atoms with van der Waals surface area (Å²) in [6, 6.07) is 14.2. The van der Waals surface area contributed by atoms with Crippen molar-refractivity contribution in [2.45, 2.75) is 9.79 Å². The molecule has 0 N–H and O–H groups in total. The lowest BCUT2D eigenvalue weighted by Gasteiger charge is -2.03. The van der Waals surface area contributed by atoms with Gasteiger partial charge in [0.1, 0.15) is 0 Å². The maximum atomic E-state index is 6.04. The second kappa shape index (κ2) is 5.58. The zero-order valence-corrected chi connectivity index (χ0v) is 12.8. The van der Waals surface area contributed by atoms with Crippen LogP contribution in [0.1, 0.15) is 0 Å². The van der Waals surface area contributed by atoms with Crippen molar-refractivity contribution >= 4 is 55.2 Å². The molecule has 4 heteroatoms. The van der Waals surface area contributed by atoms with Gasteiger partial charge in [-0.3, -0.25) is 0 Å². The first-order valence-electron chi connectivity index (χ1n) is 4.53. The summed E-state index contributed by atoms with van der Waals surface area (Å²) in [4.78, 5) is 2.33. The van der Waals surface area contributed by atoms with E-state index >= 15 is 0 Å².